The molecule has 1 N–H and O–H groups in total. The Hall–Kier alpha value is -3.08. The molecule has 5 heteroatoms. The van der Waals surface area contributed by atoms with E-state index in [0.717, 1.165) is 11.3 Å². The first-order valence-corrected chi connectivity index (χ1v) is 8.84. The van der Waals surface area contributed by atoms with Gasteiger partial charge in [-0.05, 0) is 49.4 Å². The van der Waals surface area contributed by atoms with Crippen molar-refractivity contribution in [2.75, 3.05) is 11.9 Å². The van der Waals surface area contributed by atoms with E-state index in [1.807, 2.05) is 55.5 Å². The molecule has 0 bridgehead atoms. The summed E-state index contributed by atoms with van der Waals surface area (Å²) in [6, 6.07) is 15.5. The molecule has 4 rings (SSSR count). The Morgan fingerprint density at radius 2 is 1.96 bits per heavy atom. The van der Waals surface area contributed by atoms with E-state index in [1.165, 1.54) is 12.8 Å². The molecule has 0 unspecified atom stereocenters. The quantitative estimate of drug-likeness (QED) is 0.726. The summed E-state index contributed by atoms with van der Waals surface area (Å²) in [6.45, 7) is 2.72. The van der Waals surface area contributed by atoms with Crippen LogP contribution in [0.5, 0.6) is 5.75 Å². The van der Waals surface area contributed by atoms with Gasteiger partial charge in [-0.15, -0.1) is 0 Å². The summed E-state index contributed by atoms with van der Waals surface area (Å²) in [5.41, 5.74) is 3.24. The zero-order valence-electron chi connectivity index (χ0n) is 14.7. The predicted molar refractivity (Wildman–Crippen MR) is 101 cm³/mol. The van der Waals surface area contributed by atoms with Crippen LogP contribution in [0.2, 0.25) is 0 Å². The van der Waals surface area contributed by atoms with Crippen molar-refractivity contribution in [1.82, 2.24) is 9.78 Å². The molecule has 1 aromatic heterocycles. The second kappa shape index (κ2) is 7.04. The minimum absolute atomic E-state index is 0.202. The first kappa shape index (κ1) is 16.4. The molecule has 0 spiro atoms. The van der Waals surface area contributed by atoms with Crippen molar-refractivity contribution in [3.8, 4) is 11.4 Å². The van der Waals surface area contributed by atoms with Crippen LogP contribution in [0.1, 0.15) is 28.8 Å². The Labute approximate surface area is 152 Å². The lowest BCUT2D eigenvalue weighted by Gasteiger charge is -2.11. The van der Waals surface area contributed by atoms with E-state index in [1.54, 1.807) is 17.1 Å². The number of ether oxygens (including phenoxy) is 1. The lowest BCUT2D eigenvalue weighted by Crippen LogP contribution is -2.12. The van der Waals surface area contributed by atoms with Crippen molar-refractivity contribution in [1.29, 1.82) is 0 Å². The molecule has 2 aromatic carbocycles. The number of nitrogens with one attached hydrogen (secondary N) is 1. The number of aromatic nitrogens is 2. The molecule has 0 aliphatic heterocycles. The predicted octanol–water partition coefficient (Wildman–Crippen LogP) is 4.22. The summed E-state index contributed by atoms with van der Waals surface area (Å²) >= 11 is 0. The van der Waals surface area contributed by atoms with E-state index in [2.05, 4.69) is 10.4 Å². The molecule has 1 aliphatic carbocycles. The third-order valence-corrected chi connectivity index (χ3v) is 4.51. The van der Waals surface area contributed by atoms with Crippen LogP contribution in [-0.4, -0.2) is 22.3 Å². The molecule has 0 radical (unpaired) electrons. The first-order chi connectivity index (χ1) is 12.7. The number of carbonyl (C=O) groups is 1. The smallest absolute Gasteiger partial charge is 0.258 e. The number of hydrogen-bond acceptors (Lipinski definition) is 3. The number of hydrogen-bond donors (Lipinski definition) is 1. The van der Waals surface area contributed by atoms with E-state index in [9.17, 15) is 4.79 Å². The lowest BCUT2D eigenvalue weighted by molar-refractivity contribution is 0.102. The SMILES string of the molecule is Cc1ccccc1-n1cc(C(=O)Nc2ccccc2OCC2CC2)cn1. The van der Waals surface area contributed by atoms with Gasteiger partial charge in [-0.1, -0.05) is 30.3 Å². The second-order valence-electron chi connectivity index (χ2n) is 6.66. The molecule has 26 heavy (non-hydrogen) atoms. The Balaban J connectivity index is 1.50. The number of nitrogens with zero attached hydrogens (tertiary/aromatic N) is 2. The molecule has 5 nitrogen and oxygen atoms in total. The van der Waals surface area contributed by atoms with E-state index < -0.39 is 0 Å². The highest BCUT2D eigenvalue weighted by molar-refractivity contribution is 6.04. The van der Waals surface area contributed by atoms with Crippen molar-refractivity contribution in [3.05, 3.63) is 72.1 Å². The number of para-hydroxylation sites is 3. The Morgan fingerprint density at radius 1 is 1.19 bits per heavy atom. The number of amides is 1. The topological polar surface area (TPSA) is 56.2 Å². The fraction of sp³-hybridized carbons (Fsp3) is 0.238. The van der Waals surface area contributed by atoms with Crippen LogP contribution in [0.15, 0.2) is 60.9 Å². The summed E-state index contributed by atoms with van der Waals surface area (Å²) in [6.07, 6.45) is 5.78. The highest BCUT2D eigenvalue weighted by atomic mass is 16.5. The van der Waals surface area contributed by atoms with Crippen LogP contribution >= 0.6 is 0 Å². The zero-order chi connectivity index (χ0) is 17.9. The largest absolute Gasteiger partial charge is 0.491 e. The normalized spacial score (nSPS) is 13.4. The third-order valence-electron chi connectivity index (χ3n) is 4.51. The monoisotopic (exact) mass is 347 g/mol. The van der Waals surface area contributed by atoms with Gasteiger partial charge in [0, 0.05) is 6.20 Å². The van der Waals surface area contributed by atoms with Gasteiger partial charge in [0.2, 0.25) is 0 Å². The van der Waals surface area contributed by atoms with Crippen LogP contribution in [0, 0.1) is 12.8 Å². The number of aryl methyl sites for hydroxylation is 1. The summed E-state index contributed by atoms with van der Waals surface area (Å²) in [5, 5.41) is 7.26. The van der Waals surface area contributed by atoms with Gasteiger partial charge in [0.25, 0.3) is 5.91 Å². The molecule has 1 saturated carbocycles. The summed E-state index contributed by atoms with van der Waals surface area (Å²) in [4.78, 5) is 12.6. The first-order valence-electron chi connectivity index (χ1n) is 8.84. The van der Waals surface area contributed by atoms with Crippen molar-refractivity contribution in [2.45, 2.75) is 19.8 Å². The van der Waals surface area contributed by atoms with E-state index in [4.69, 9.17) is 4.74 Å². The van der Waals surface area contributed by atoms with Gasteiger partial charge in [0.15, 0.2) is 0 Å². The summed E-state index contributed by atoms with van der Waals surface area (Å²) in [7, 11) is 0. The standard InChI is InChI=1S/C21H21N3O2/c1-15-6-2-4-8-19(15)24-13-17(12-22-24)21(25)23-18-7-3-5-9-20(18)26-14-16-10-11-16/h2-9,12-13,16H,10-11,14H2,1H3,(H,23,25). The van der Waals surface area contributed by atoms with Crippen molar-refractivity contribution in [2.24, 2.45) is 5.92 Å². The molecular weight excluding hydrogens is 326 g/mol. The Bertz CT molecular complexity index is 928. The lowest BCUT2D eigenvalue weighted by atomic mass is 10.2. The van der Waals surface area contributed by atoms with Gasteiger partial charge in [-0.2, -0.15) is 5.10 Å². The molecule has 0 saturated heterocycles. The highest BCUT2D eigenvalue weighted by Gasteiger charge is 2.22. The van der Waals surface area contributed by atoms with Crippen molar-refractivity contribution >= 4 is 11.6 Å². The molecule has 132 valence electrons. The molecular formula is C21H21N3O2. The Morgan fingerprint density at radius 3 is 2.77 bits per heavy atom. The fourth-order valence-corrected chi connectivity index (χ4v) is 2.77. The van der Waals surface area contributed by atoms with Gasteiger partial charge >= 0.3 is 0 Å². The van der Waals surface area contributed by atoms with Gasteiger partial charge < -0.3 is 10.1 Å². The van der Waals surface area contributed by atoms with Crippen LogP contribution in [0.25, 0.3) is 5.69 Å². The fourth-order valence-electron chi connectivity index (χ4n) is 2.77. The zero-order valence-corrected chi connectivity index (χ0v) is 14.7. The average Bonchev–Trinajstić information content (AvgIpc) is 3.35. The number of rotatable bonds is 6. The molecule has 1 amide bonds. The maximum atomic E-state index is 12.6. The number of anilines is 1. The molecule has 0 atom stereocenters. The van der Waals surface area contributed by atoms with Crippen LogP contribution in [0.4, 0.5) is 5.69 Å². The van der Waals surface area contributed by atoms with Gasteiger partial charge in [0.1, 0.15) is 5.75 Å². The van der Waals surface area contributed by atoms with E-state index in [0.29, 0.717) is 29.5 Å². The number of carbonyl (C=O) groups excluding carboxylic acids is 1. The second-order valence-corrected chi connectivity index (χ2v) is 6.66. The minimum atomic E-state index is -0.202. The van der Waals surface area contributed by atoms with E-state index >= 15 is 0 Å². The van der Waals surface area contributed by atoms with Gasteiger partial charge in [-0.3, -0.25) is 4.79 Å². The molecule has 3 aromatic rings. The van der Waals surface area contributed by atoms with E-state index in [-0.39, 0.29) is 5.91 Å². The highest BCUT2D eigenvalue weighted by Crippen LogP contribution is 2.31. The van der Waals surface area contributed by atoms with Crippen molar-refractivity contribution in [3.63, 3.8) is 0 Å². The summed E-state index contributed by atoms with van der Waals surface area (Å²) < 4.78 is 7.57. The maximum Gasteiger partial charge on any atom is 0.258 e. The third kappa shape index (κ3) is 3.61. The molecule has 1 aliphatic rings. The minimum Gasteiger partial charge on any atom is -0.491 e. The average molecular weight is 347 g/mol. The molecule has 1 fully saturated rings. The van der Waals surface area contributed by atoms with Crippen LogP contribution in [-0.2, 0) is 0 Å². The van der Waals surface area contributed by atoms with Gasteiger partial charge in [0.05, 0.1) is 29.7 Å². The Kier molecular flexibility index (Phi) is 4.44. The maximum absolute atomic E-state index is 12.6. The molecule has 1 heterocycles. The van der Waals surface area contributed by atoms with Crippen LogP contribution < -0.4 is 10.1 Å². The van der Waals surface area contributed by atoms with Crippen LogP contribution in [0.3, 0.4) is 0 Å². The number of benzene rings is 2. The van der Waals surface area contributed by atoms with Gasteiger partial charge in [-0.25, -0.2) is 4.68 Å². The summed E-state index contributed by atoms with van der Waals surface area (Å²) in [5.74, 6) is 1.16. The van der Waals surface area contributed by atoms with Crippen molar-refractivity contribution < 1.29 is 9.53 Å².